The Bertz CT molecular complexity index is 825. The minimum absolute atomic E-state index is 0.491. The highest BCUT2D eigenvalue weighted by Gasteiger charge is 2.38. The molecule has 3 heteroatoms. The first-order valence-electron chi connectivity index (χ1n) is 9.31. The molecule has 0 N–H and O–H groups in total. The number of hydrogen-bond acceptors (Lipinski definition) is 2. The van der Waals surface area contributed by atoms with E-state index in [2.05, 4.69) is 69.3 Å². The van der Waals surface area contributed by atoms with Gasteiger partial charge in [-0.25, -0.2) is 0 Å². The summed E-state index contributed by atoms with van der Waals surface area (Å²) in [5.74, 6) is 7.37. The van der Waals surface area contributed by atoms with Crippen molar-refractivity contribution in [3.63, 3.8) is 0 Å². The Kier molecular flexibility index (Phi) is 7.07. The Morgan fingerprint density at radius 2 is 1.78 bits per heavy atom. The molecule has 0 saturated carbocycles. The maximum atomic E-state index is 6.71. The smallest absolute Gasteiger partial charge is 0.185 e. The van der Waals surface area contributed by atoms with Crippen molar-refractivity contribution in [3.05, 3.63) is 77.9 Å². The molecule has 0 aliphatic carbocycles. The maximum absolute atomic E-state index is 6.71. The highest BCUT2D eigenvalue weighted by Crippen LogP contribution is 2.39. The largest absolute Gasteiger partial charge is 0.497 e. The highest BCUT2D eigenvalue weighted by molar-refractivity contribution is 6.69. The Labute approximate surface area is 165 Å². The van der Waals surface area contributed by atoms with Crippen LogP contribution < -0.4 is 4.74 Å². The summed E-state index contributed by atoms with van der Waals surface area (Å²) < 4.78 is 12.0. The topological polar surface area (TPSA) is 18.5 Å². The molecule has 142 valence electrons. The van der Waals surface area contributed by atoms with Gasteiger partial charge in [0, 0.05) is 12.0 Å². The molecule has 0 fully saturated rings. The van der Waals surface area contributed by atoms with Gasteiger partial charge in [0.25, 0.3) is 0 Å². The fourth-order valence-corrected chi connectivity index (χ4v) is 4.57. The van der Waals surface area contributed by atoms with Gasteiger partial charge in [-0.15, -0.1) is 0 Å². The van der Waals surface area contributed by atoms with Gasteiger partial charge in [0.05, 0.1) is 7.11 Å². The van der Waals surface area contributed by atoms with Crippen LogP contribution in [0.4, 0.5) is 0 Å². The molecule has 0 amide bonds. The van der Waals surface area contributed by atoms with Crippen molar-refractivity contribution in [3.8, 4) is 17.6 Å². The van der Waals surface area contributed by atoms with E-state index in [1.54, 1.807) is 7.11 Å². The third-order valence-corrected chi connectivity index (χ3v) is 5.28. The summed E-state index contributed by atoms with van der Waals surface area (Å²) in [6.45, 7) is 13.0. The average molecular weight is 379 g/mol. The Balaban J connectivity index is 2.27. The van der Waals surface area contributed by atoms with Gasteiger partial charge in [-0.3, -0.25) is 0 Å². The predicted molar refractivity (Wildman–Crippen MR) is 116 cm³/mol. The van der Waals surface area contributed by atoms with E-state index in [9.17, 15) is 0 Å². The molecular weight excluding hydrogens is 348 g/mol. The lowest BCUT2D eigenvalue weighted by molar-refractivity contribution is 0.0894. The SMILES string of the molecule is C=C(C)C(CCC#Cc1cccc(OC)c1)(O[Si](C)(C)C)c1ccccc1. The molecule has 0 bridgehead atoms. The molecule has 0 aromatic heterocycles. The number of methoxy groups -OCH3 is 1. The number of hydrogen-bond donors (Lipinski definition) is 0. The fraction of sp³-hybridized carbons (Fsp3) is 0.333. The van der Waals surface area contributed by atoms with Crippen molar-refractivity contribution in [2.75, 3.05) is 7.11 Å². The average Bonchev–Trinajstić information content (AvgIpc) is 2.64. The monoisotopic (exact) mass is 378 g/mol. The van der Waals surface area contributed by atoms with Crippen LogP contribution in [0.1, 0.15) is 30.9 Å². The van der Waals surface area contributed by atoms with Crippen molar-refractivity contribution >= 4 is 8.32 Å². The number of ether oxygens (including phenoxy) is 1. The van der Waals surface area contributed by atoms with Crippen LogP contribution in [0.3, 0.4) is 0 Å². The van der Waals surface area contributed by atoms with E-state index in [0.717, 1.165) is 35.3 Å². The van der Waals surface area contributed by atoms with Gasteiger partial charge in [-0.1, -0.05) is 54.8 Å². The molecule has 2 aromatic rings. The van der Waals surface area contributed by atoms with E-state index in [4.69, 9.17) is 9.16 Å². The minimum atomic E-state index is -1.80. The summed E-state index contributed by atoms with van der Waals surface area (Å²) in [5.41, 5.74) is 2.65. The van der Waals surface area contributed by atoms with Crippen LogP contribution in [-0.2, 0) is 10.0 Å². The molecule has 2 rings (SSSR count). The summed E-state index contributed by atoms with van der Waals surface area (Å²) in [6.07, 6.45) is 1.51. The van der Waals surface area contributed by atoms with Crippen LogP contribution in [0.25, 0.3) is 0 Å². The van der Waals surface area contributed by atoms with Crippen LogP contribution in [0.5, 0.6) is 5.75 Å². The van der Waals surface area contributed by atoms with Crippen molar-refractivity contribution in [2.45, 2.75) is 45.0 Å². The lowest BCUT2D eigenvalue weighted by Crippen LogP contribution is -2.41. The summed E-state index contributed by atoms with van der Waals surface area (Å²) in [7, 11) is -0.132. The second-order valence-electron chi connectivity index (χ2n) is 7.72. The first-order valence-corrected chi connectivity index (χ1v) is 12.7. The van der Waals surface area contributed by atoms with Crippen molar-refractivity contribution in [1.82, 2.24) is 0 Å². The van der Waals surface area contributed by atoms with Crippen molar-refractivity contribution in [2.24, 2.45) is 0 Å². The van der Waals surface area contributed by atoms with Crippen LogP contribution >= 0.6 is 0 Å². The minimum Gasteiger partial charge on any atom is -0.497 e. The van der Waals surface area contributed by atoms with E-state index in [1.807, 2.05) is 30.3 Å². The van der Waals surface area contributed by atoms with Gasteiger partial charge in [0.2, 0.25) is 0 Å². The Morgan fingerprint density at radius 3 is 2.37 bits per heavy atom. The highest BCUT2D eigenvalue weighted by atomic mass is 28.4. The van der Waals surface area contributed by atoms with E-state index in [0.29, 0.717) is 0 Å². The summed E-state index contributed by atoms with van der Waals surface area (Å²) >= 11 is 0. The van der Waals surface area contributed by atoms with Crippen LogP contribution in [-0.4, -0.2) is 15.4 Å². The second kappa shape index (κ2) is 9.08. The van der Waals surface area contributed by atoms with E-state index in [-0.39, 0.29) is 0 Å². The van der Waals surface area contributed by atoms with Crippen LogP contribution in [0.15, 0.2) is 66.7 Å². The number of rotatable bonds is 7. The van der Waals surface area contributed by atoms with Gasteiger partial charge in [-0.2, -0.15) is 0 Å². The molecule has 0 heterocycles. The first-order chi connectivity index (χ1) is 12.8. The Hall–Kier alpha value is -2.28. The molecule has 0 saturated heterocycles. The zero-order valence-corrected chi connectivity index (χ0v) is 18.1. The molecule has 1 atom stereocenters. The molecule has 1 unspecified atom stereocenters. The zero-order chi connectivity index (χ0) is 19.9. The predicted octanol–water partition coefficient (Wildman–Crippen LogP) is 6.15. The maximum Gasteiger partial charge on any atom is 0.185 e. The summed E-state index contributed by atoms with van der Waals surface area (Å²) in [4.78, 5) is 0. The number of benzene rings is 2. The third kappa shape index (κ3) is 5.85. The first kappa shape index (κ1) is 21.0. The molecule has 27 heavy (non-hydrogen) atoms. The molecule has 0 aliphatic heterocycles. The second-order valence-corrected chi connectivity index (χ2v) is 12.2. The van der Waals surface area contributed by atoms with E-state index in [1.165, 1.54) is 0 Å². The standard InChI is InChI=1S/C24H30O2Si/c1-20(2)24(26-27(4,5)6,22-15-8-7-9-16-22)18-11-10-13-21-14-12-17-23(19-21)25-3/h7-9,12,14-17,19H,1,11,18H2,2-6H3. The summed E-state index contributed by atoms with van der Waals surface area (Å²) in [6, 6.07) is 18.2. The molecule has 0 aliphatic rings. The lowest BCUT2D eigenvalue weighted by atomic mass is 9.84. The lowest BCUT2D eigenvalue weighted by Gasteiger charge is -2.40. The molecule has 2 aromatic carbocycles. The van der Waals surface area contributed by atoms with Crippen LogP contribution in [0.2, 0.25) is 19.6 Å². The summed E-state index contributed by atoms with van der Waals surface area (Å²) in [5, 5.41) is 0. The quantitative estimate of drug-likeness (QED) is 0.327. The van der Waals surface area contributed by atoms with Crippen molar-refractivity contribution in [1.29, 1.82) is 0 Å². The third-order valence-electron chi connectivity index (χ3n) is 4.31. The van der Waals surface area contributed by atoms with Gasteiger partial charge in [-0.05, 0) is 62.3 Å². The van der Waals surface area contributed by atoms with Gasteiger partial charge >= 0.3 is 0 Å². The zero-order valence-electron chi connectivity index (χ0n) is 17.1. The van der Waals surface area contributed by atoms with E-state index < -0.39 is 13.9 Å². The van der Waals surface area contributed by atoms with Crippen molar-refractivity contribution < 1.29 is 9.16 Å². The van der Waals surface area contributed by atoms with Crippen LogP contribution in [0, 0.1) is 11.8 Å². The van der Waals surface area contributed by atoms with Gasteiger partial charge in [0.15, 0.2) is 8.32 Å². The molecular formula is C24H30O2Si. The van der Waals surface area contributed by atoms with E-state index >= 15 is 0 Å². The molecule has 2 nitrogen and oxygen atoms in total. The van der Waals surface area contributed by atoms with Gasteiger partial charge < -0.3 is 9.16 Å². The normalized spacial score (nSPS) is 13.2. The van der Waals surface area contributed by atoms with Gasteiger partial charge in [0.1, 0.15) is 11.4 Å². The molecule has 0 radical (unpaired) electrons. The Morgan fingerprint density at radius 1 is 1.07 bits per heavy atom. The fourth-order valence-electron chi connectivity index (χ4n) is 3.14. The molecule has 0 spiro atoms.